The third-order valence-corrected chi connectivity index (χ3v) is 4.18. The Balaban J connectivity index is 1.83. The molecule has 0 aliphatic carbocycles. The number of anilines is 1. The summed E-state index contributed by atoms with van der Waals surface area (Å²) in [5.74, 6) is -0.492. The predicted molar refractivity (Wildman–Crippen MR) is 77.5 cm³/mol. The second kappa shape index (κ2) is 6.03. The van der Waals surface area contributed by atoms with Crippen molar-refractivity contribution >= 4 is 11.6 Å². The number of halogens is 3. The Morgan fingerprint density at radius 3 is 2.78 bits per heavy atom. The average Bonchev–Trinajstić information content (AvgIpc) is 2.90. The zero-order chi connectivity index (χ0) is 16.6. The van der Waals surface area contributed by atoms with Gasteiger partial charge in [-0.2, -0.15) is 13.2 Å². The number of carbonyl (C=O) groups excluding carboxylic acids is 1. The van der Waals surface area contributed by atoms with Gasteiger partial charge in [-0.25, -0.2) is 0 Å². The highest BCUT2D eigenvalue weighted by Crippen LogP contribution is 2.43. The number of ether oxygens (including phenoxy) is 2. The van der Waals surface area contributed by atoms with Crippen molar-refractivity contribution in [3.8, 4) is 5.75 Å². The Labute approximate surface area is 132 Å². The molecule has 1 saturated heterocycles. The van der Waals surface area contributed by atoms with Crippen LogP contribution in [0.2, 0.25) is 0 Å². The van der Waals surface area contributed by atoms with Crippen LogP contribution < -0.4 is 9.64 Å². The van der Waals surface area contributed by atoms with E-state index in [0.29, 0.717) is 0 Å². The summed E-state index contributed by atoms with van der Waals surface area (Å²) in [5, 5.41) is 0. The van der Waals surface area contributed by atoms with Gasteiger partial charge < -0.3 is 14.4 Å². The molecule has 0 spiro atoms. The van der Waals surface area contributed by atoms with Gasteiger partial charge in [0, 0.05) is 0 Å². The van der Waals surface area contributed by atoms with Gasteiger partial charge in [-0.05, 0) is 31.9 Å². The lowest BCUT2D eigenvalue weighted by atomic mass is 10.1. The first-order chi connectivity index (χ1) is 10.9. The van der Waals surface area contributed by atoms with Gasteiger partial charge in [-0.3, -0.25) is 4.79 Å². The van der Waals surface area contributed by atoms with E-state index in [9.17, 15) is 18.0 Å². The molecule has 3 rings (SSSR count). The molecule has 0 saturated carbocycles. The SMILES string of the molecule is C[C@H]1CC[C@@H](CC(=O)N2CCOc3c2cccc3C(F)(F)F)O1. The first-order valence-corrected chi connectivity index (χ1v) is 7.65. The smallest absolute Gasteiger partial charge is 0.420 e. The van der Waals surface area contributed by atoms with E-state index in [1.807, 2.05) is 6.92 Å². The van der Waals surface area contributed by atoms with Gasteiger partial charge in [-0.1, -0.05) is 6.07 Å². The Morgan fingerprint density at radius 2 is 2.13 bits per heavy atom. The number of rotatable bonds is 2. The number of hydrogen-bond acceptors (Lipinski definition) is 3. The molecule has 1 amide bonds. The summed E-state index contributed by atoms with van der Waals surface area (Å²) < 4.78 is 50.0. The highest BCUT2D eigenvalue weighted by Gasteiger charge is 2.38. The van der Waals surface area contributed by atoms with Gasteiger partial charge in [0.15, 0.2) is 5.75 Å². The fourth-order valence-electron chi connectivity index (χ4n) is 3.07. The Kier molecular flexibility index (Phi) is 4.23. The molecule has 2 heterocycles. The summed E-state index contributed by atoms with van der Waals surface area (Å²) in [6.07, 6.45) is -2.67. The van der Waals surface area contributed by atoms with E-state index >= 15 is 0 Å². The van der Waals surface area contributed by atoms with Crippen molar-refractivity contribution in [3.05, 3.63) is 23.8 Å². The Morgan fingerprint density at radius 1 is 1.35 bits per heavy atom. The van der Waals surface area contributed by atoms with Gasteiger partial charge in [0.1, 0.15) is 6.61 Å². The van der Waals surface area contributed by atoms with E-state index in [1.165, 1.54) is 17.0 Å². The normalized spacial score (nSPS) is 24.3. The second-order valence-corrected chi connectivity index (χ2v) is 5.90. The lowest BCUT2D eigenvalue weighted by molar-refractivity contribution is -0.139. The zero-order valence-electron chi connectivity index (χ0n) is 12.7. The molecular formula is C16H18F3NO3. The Bertz CT molecular complexity index is 603. The summed E-state index contributed by atoms with van der Waals surface area (Å²) in [5.41, 5.74) is -0.666. The molecule has 0 aromatic heterocycles. The maximum Gasteiger partial charge on any atom is 0.420 e. The van der Waals surface area contributed by atoms with Crippen LogP contribution in [0.25, 0.3) is 0 Å². The molecule has 0 bridgehead atoms. The molecule has 126 valence electrons. The maximum atomic E-state index is 13.1. The van der Waals surface area contributed by atoms with Crippen molar-refractivity contribution in [2.45, 2.75) is 44.6 Å². The molecule has 1 fully saturated rings. The van der Waals surface area contributed by atoms with Crippen LogP contribution in [0.1, 0.15) is 31.7 Å². The van der Waals surface area contributed by atoms with Crippen molar-refractivity contribution in [1.82, 2.24) is 0 Å². The topological polar surface area (TPSA) is 38.8 Å². The van der Waals surface area contributed by atoms with Crippen LogP contribution in [0, 0.1) is 0 Å². The van der Waals surface area contributed by atoms with Crippen LogP contribution in [-0.4, -0.2) is 31.3 Å². The summed E-state index contributed by atoms with van der Waals surface area (Å²) in [6.45, 7) is 2.24. The fraction of sp³-hybridized carbons (Fsp3) is 0.562. The van der Waals surface area contributed by atoms with Crippen molar-refractivity contribution < 1.29 is 27.4 Å². The largest absolute Gasteiger partial charge is 0.489 e. The van der Waals surface area contributed by atoms with E-state index in [1.54, 1.807) is 0 Å². The van der Waals surface area contributed by atoms with Gasteiger partial charge in [-0.15, -0.1) is 0 Å². The lowest BCUT2D eigenvalue weighted by Crippen LogP contribution is -2.40. The molecule has 1 aromatic rings. The second-order valence-electron chi connectivity index (χ2n) is 5.90. The third-order valence-electron chi connectivity index (χ3n) is 4.18. The first-order valence-electron chi connectivity index (χ1n) is 7.65. The van der Waals surface area contributed by atoms with Gasteiger partial charge in [0.25, 0.3) is 0 Å². The van der Waals surface area contributed by atoms with E-state index in [2.05, 4.69) is 0 Å². The summed E-state index contributed by atoms with van der Waals surface area (Å²) in [6, 6.07) is 3.75. The van der Waals surface area contributed by atoms with Crippen LogP contribution in [0.15, 0.2) is 18.2 Å². The van der Waals surface area contributed by atoms with Crippen LogP contribution in [0.5, 0.6) is 5.75 Å². The van der Waals surface area contributed by atoms with Crippen LogP contribution in [0.4, 0.5) is 18.9 Å². The number of carbonyl (C=O) groups is 1. The number of alkyl halides is 3. The molecule has 7 heteroatoms. The fourth-order valence-corrected chi connectivity index (χ4v) is 3.07. The van der Waals surface area contributed by atoms with Crippen molar-refractivity contribution in [2.75, 3.05) is 18.1 Å². The van der Waals surface area contributed by atoms with E-state index in [0.717, 1.165) is 18.9 Å². The molecular weight excluding hydrogens is 311 g/mol. The van der Waals surface area contributed by atoms with Crippen LogP contribution in [-0.2, 0) is 15.7 Å². The minimum atomic E-state index is -4.51. The number of amides is 1. The van der Waals surface area contributed by atoms with Crippen molar-refractivity contribution in [2.24, 2.45) is 0 Å². The van der Waals surface area contributed by atoms with E-state index < -0.39 is 11.7 Å². The number of para-hydroxylation sites is 1. The summed E-state index contributed by atoms with van der Waals surface area (Å²) in [4.78, 5) is 13.9. The number of benzene rings is 1. The predicted octanol–water partition coefficient (Wildman–Crippen LogP) is 3.39. The van der Waals surface area contributed by atoms with Crippen molar-refractivity contribution in [1.29, 1.82) is 0 Å². The van der Waals surface area contributed by atoms with E-state index in [-0.39, 0.29) is 49.1 Å². The third kappa shape index (κ3) is 3.29. The maximum absolute atomic E-state index is 13.1. The van der Waals surface area contributed by atoms with Crippen LogP contribution in [0.3, 0.4) is 0 Å². The number of nitrogens with zero attached hydrogens (tertiary/aromatic N) is 1. The first kappa shape index (κ1) is 16.1. The standard InChI is InChI=1S/C16H18F3NO3/c1-10-5-6-11(23-10)9-14(21)20-7-8-22-15-12(16(17,18)19)3-2-4-13(15)20/h2-4,10-11H,5-9H2,1H3/t10-,11-/m0/s1. The minimum absolute atomic E-state index is 0.0494. The van der Waals surface area contributed by atoms with Gasteiger partial charge >= 0.3 is 6.18 Å². The molecule has 0 unspecified atom stereocenters. The molecule has 2 atom stereocenters. The highest BCUT2D eigenvalue weighted by atomic mass is 19.4. The molecule has 23 heavy (non-hydrogen) atoms. The highest BCUT2D eigenvalue weighted by molar-refractivity contribution is 5.96. The van der Waals surface area contributed by atoms with E-state index in [4.69, 9.17) is 9.47 Å². The van der Waals surface area contributed by atoms with Gasteiger partial charge in [0.05, 0.1) is 36.4 Å². The molecule has 2 aliphatic heterocycles. The number of fused-ring (bicyclic) bond motifs is 1. The molecule has 1 aromatic carbocycles. The van der Waals surface area contributed by atoms with Crippen LogP contribution >= 0.6 is 0 Å². The monoisotopic (exact) mass is 329 g/mol. The van der Waals surface area contributed by atoms with Gasteiger partial charge in [0.2, 0.25) is 5.91 Å². The molecule has 0 N–H and O–H groups in total. The zero-order valence-corrected chi connectivity index (χ0v) is 12.7. The Hall–Kier alpha value is -1.76. The number of hydrogen-bond donors (Lipinski definition) is 0. The summed E-state index contributed by atoms with van der Waals surface area (Å²) >= 11 is 0. The summed E-state index contributed by atoms with van der Waals surface area (Å²) in [7, 11) is 0. The molecule has 0 radical (unpaired) electrons. The van der Waals surface area contributed by atoms with Crippen molar-refractivity contribution in [3.63, 3.8) is 0 Å². The lowest BCUT2D eigenvalue weighted by Gasteiger charge is -2.31. The average molecular weight is 329 g/mol. The molecule has 4 nitrogen and oxygen atoms in total. The minimum Gasteiger partial charge on any atom is -0.489 e. The molecule has 2 aliphatic rings. The quantitative estimate of drug-likeness (QED) is 0.835.